The van der Waals surface area contributed by atoms with E-state index in [1.807, 2.05) is 0 Å². The van der Waals surface area contributed by atoms with Gasteiger partial charge in [0.15, 0.2) is 5.92 Å². The number of carboxylic acids is 2. The van der Waals surface area contributed by atoms with Gasteiger partial charge in [0.25, 0.3) is 0 Å². The van der Waals surface area contributed by atoms with Crippen LogP contribution in [0.15, 0.2) is 12.1 Å². The van der Waals surface area contributed by atoms with Gasteiger partial charge in [-0.25, -0.2) is 0 Å². The predicted octanol–water partition coefficient (Wildman–Crippen LogP) is 1.64. The van der Waals surface area contributed by atoms with Crippen molar-refractivity contribution < 1.29 is 29.1 Å². The van der Waals surface area contributed by atoms with Gasteiger partial charge in [-0.1, -0.05) is 11.6 Å². The van der Waals surface area contributed by atoms with Gasteiger partial charge >= 0.3 is 17.6 Å². The second-order valence-corrected chi connectivity index (χ2v) is 3.57. The Hall–Kier alpha value is -2.22. The standard InChI is InChI=1S/C9H5ClFNO6/c10-4-2-1-3(5(8(13)14)9(15)16)7(6(4)11)12(17)18/h1-2,5H,(H,13,14)(H,15,16). The molecule has 0 saturated carbocycles. The Morgan fingerprint density at radius 2 is 1.83 bits per heavy atom. The zero-order valence-electron chi connectivity index (χ0n) is 8.46. The van der Waals surface area contributed by atoms with Gasteiger partial charge in [-0.15, -0.1) is 0 Å². The molecule has 1 aromatic rings. The first-order chi connectivity index (χ1) is 8.27. The smallest absolute Gasteiger partial charge is 0.322 e. The van der Waals surface area contributed by atoms with E-state index in [1.54, 1.807) is 0 Å². The lowest BCUT2D eigenvalue weighted by Gasteiger charge is -2.09. The van der Waals surface area contributed by atoms with Crippen LogP contribution in [0, 0.1) is 15.9 Å². The van der Waals surface area contributed by atoms with Crippen molar-refractivity contribution in [3.63, 3.8) is 0 Å². The summed E-state index contributed by atoms with van der Waals surface area (Å²) in [4.78, 5) is 31.0. The quantitative estimate of drug-likeness (QED) is 0.491. The van der Waals surface area contributed by atoms with Crippen LogP contribution in [0.25, 0.3) is 0 Å². The summed E-state index contributed by atoms with van der Waals surface area (Å²) in [7, 11) is 0. The lowest BCUT2D eigenvalue weighted by molar-refractivity contribution is -0.388. The Balaban J connectivity index is 3.58. The molecule has 1 aromatic carbocycles. The average Bonchev–Trinajstić information content (AvgIpc) is 2.21. The molecule has 7 nitrogen and oxygen atoms in total. The minimum atomic E-state index is -2.24. The normalized spacial score (nSPS) is 10.4. The number of nitro benzene ring substituents is 1. The first-order valence-electron chi connectivity index (χ1n) is 4.35. The minimum absolute atomic E-state index is 0.597. The number of nitro groups is 1. The second-order valence-electron chi connectivity index (χ2n) is 3.17. The number of hydrogen-bond donors (Lipinski definition) is 2. The van der Waals surface area contributed by atoms with E-state index < -0.39 is 44.9 Å². The molecule has 0 amide bonds. The third kappa shape index (κ3) is 2.38. The third-order valence-electron chi connectivity index (χ3n) is 2.09. The summed E-state index contributed by atoms with van der Waals surface area (Å²) < 4.78 is 13.4. The average molecular weight is 278 g/mol. The van der Waals surface area contributed by atoms with Crippen LogP contribution >= 0.6 is 11.6 Å². The third-order valence-corrected chi connectivity index (χ3v) is 2.38. The zero-order chi connectivity index (χ0) is 14.0. The summed E-state index contributed by atoms with van der Waals surface area (Å²) in [5.41, 5.74) is -2.03. The highest BCUT2D eigenvalue weighted by Crippen LogP contribution is 2.33. The van der Waals surface area contributed by atoms with Crippen molar-refractivity contribution in [2.75, 3.05) is 0 Å². The van der Waals surface area contributed by atoms with E-state index >= 15 is 0 Å². The molecule has 0 unspecified atom stereocenters. The van der Waals surface area contributed by atoms with Crippen LogP contribution in [0.1, 0.15) is 11.5 Å². The Kier molecular flexibility index (Phi) is 3.82. The maximum absolute atomic E-state index is 13.4. The summed E-state index contributed by atoms with van der Waals surface area (Å²) in [5.74, 6) is -7.39. The molecule has 2 N–H and O–H groups in total. The van der Waals surface area contributed by atoms with Crippen molar-refractivity contribution in [3.05, 3.63) is 38.7 Å². The summed E-state index contributed by atoms with van der Waals surface area (Å²) in [6.45, 7) is 0. The molecule has 0 aliphatic rings. The van der Waals surface area contributed by atoms with Crippen LogP contribution in [-0.4, -0.2) is 27.1 Å². The van der Waals surface area contributed by atoms with E-state index in [9.17, 15) is 24.1 Å². The lowest BCUT2D eigenvalue weighted by Crippen LogP contribution is -2.22. The highest BCUT2D eigenvalue weighted by molar-refractivity contribution is 6.31. The van der Waals surface area contributed by atoms with E-state index in [-0.39, 0.29) is 0 Å². The van der Waals surface area contributed by atoms with Crippen molar-refractivity contribution in [2.24, 2.45) is 0 Å². The molecule has 96 valence electrons. The fraction of sp³-hybridized carbons (Fsp3) is 0.111. The summed E-state index contributed by atoms with van der Waals surface area (Å²) in [5, 5.41) is 27.5. The molecule has 18 heavy (non-hydrogen) atoms. The highest BCUT2D eigenvalue weighted by atomic mass is 35.5. The lowest BCUT2D eigenvalue weighted by atomic mass is 9.97. The highest BCUT2D eigenvalue weighted by Gasteiger charge is 2.36. The predicted molar refractivity (Wildman–Crippen MR) is 56.1 cm³/mol. The van der Waals surface area contributed by atoms with Gasteiger partial charge in [0.1, 0.15) is 0 Å². The van der Waals surface area contributed by atoms with E-state index in [4.69, 9.17) is 21.8 Å². The molecule has 0 aromatic heterocycles. The molecule has 0 bridgehead atoms. The molecule has 9 heteroatoms. The number of nitrogens with zero attached hydrogens (tertiary/aromatic N) is 1. The topological polar surface area (TPSA) is 118 Å². The van der Waals surface area contributed by atoms with E-state index in [0.717, 1.165) is 12.1 Å². The van der Waals surface area contributed by atoms with Crippen LogP contribution in [0.2, 0.25) is 5.02 Å². The Bertz CT molecular complexity index is 532. The van der Waals surface area contributed by atoms with Gasteiger partial charge in [0.2, 0.25) is 5.82 Å². The van der Waals surface area contributed by atoms with Crippen molar-refractivity contribution in [1.29, 1.82) is 0 Å². The molecule has 0 aliphatic carbocycles. The molecule has 0 heterocycles. The van der Waals surface area contributed by atoms with Crippen molar-refractivity contribution in [2.45, 2.75) is 5.92 Å². The maximum Gasteiger partial charge on any atom is 0.322 e. The molecule has 0 aliphatic heterocycles. The summed E-state index contributed by atoms with van der Waals surface area (Å²) >= 11 is 5.32. The second kappa shape index (κ2) is 4.96. The number of rotatable bonds is 4. The molecule has 0 saturated heterocycles. The van der Waals surface area contributed by atoms with Gasteiger partial charge < -0.3 is 10.2 Å². The van der Waals surface area contributed by atoms with Crippen molar-refractivity contribution in [3.8, 4) is 0 Å². The SMILES string of the molecule is O=C(O)C(C(=O)O)c1ccc(Cl)c(F)c1[N+](=O)[O-]. The van der Waals surface area contributed by atoms with Crippen LogP contribution in [0.3, 0.4) is 0 Å². The maximum atomic E-state index is 13.4. The largest absolute Gasteiger partial charge is 0.480 e. The number of benzene rings is 1. The number of carboxylic acid groups (broad SMARTS) is 2. The van der Waals surface area contributed by atoms with E-state index in [0.29, 0.717) is 0 Å². The Morgan fingerprint density at radius 3 is 2.22 bits per heavy atom. The van der Waals surface area contributed by atoms with Crippen molar-refractivity contribution >= 4 is 29.2 Å². The minimum Gasteiger partial charge on any atom is -0.480 e. The van der Waals surface area contributed by atoms with Gasteiger partial charge in [-0.05, 0) is 12.1 Å². The van der Waals surface area contributed by atoms with Gasteiger partial charge in [0, 0.05) is 0 Å². The number of aliphatic carboxylic acids is 2. The monoisotopic (exact) mass is 277 g/mol. The van der Waals surface area contributed by atoms with E-state index in [1.165, 1.54) is 0 Å². The Morgan fingerprint density at radius 1 is 1.33 bits per heavy atom. The van der Waals surface area contributed by atoms with Gasteiger partial charge in [-0.3, -0.25) is 19.7 Å². The Labute approximate surface area is 104 Å². The fourth-order valence-electron chi connectivity index (χ4n) is 1.35. The fourth-order valence-corrected chi connectivity index (χ4v) is 1.50. The van der Waals surface area contributed by atoms with Crippen LogP contribution < -0.4 is 0 Å². The van der Waals surface area contributed by atoms with Gasteiger partial charge in [-0.2, -0.15) is 4.39 Å². The molecular weight excluding hydrogens is 273 g/mol. The summed E-state index contributed by atoms with van der Waals surface area (Å²) in [6.07, 6.45) is 0. The number of carbonyl (C=O) groups is 2. The van der Waals surface area contributed by atoms with Crippen LogP contribution in [0.4, 0.5) is 10.1 Å². The van der Waals surface area contributed by atoms with Crippen LogP contribution in [0.5, 0.6) is 0 Å². The first-order valence-corrected chi connectivity index (χ1v) is 4.73. The van der Waals surface area contributed by atoms with Crippen molar-refractivity contribution in [1.82, 2.24) is 0 Å². The van der Waals surface area contributed by atoms with E-state index in [2.05, 4.69) is 0 Å². The molecule has 0 spiro atoms. The number of halogens is 2. The molecule has 0 radical (unpaired) electrons. The number of hydrogen-bond acceptors (Lipinski definition) is 4. The van der Waals surface area contributed by atoms with Crippen LogP contribution in [-0.2, 0) is 9.59 Å². The molecular formula is C9H5ClFNO6. The summed E-state index contributed by atoms with van der Waals surface area (Å²) in [6, 6.07) is 1.66. The zero-order valence-corrected chi connectivity index (χ0v) is 9.22. The van der Waals surface area contributed by atoms with Gasteiger partial charge in [0.05, 0.1) is 15.5 Å². The molecule has 0 fully saturated rings. The molecule has 0 atom stereocenters. The molecule has 1 rings (SSSR count). The first kappa shape index (κ1) is 13.8.